The molecule has 9 heteroatoms. The average Bonchev–Trinajstić information content (AvgIpc) is 2.55. The lowest BCUT2D eigenvalue weighted by molar-refractivity contribution is -0.114. The fourth-order valence-electron chi connectivity index (χ4n) is 1.67. The Morgan fingerprint density at radius 2 is 1.87 bits per heavy atom. The number of rotatable bonds is 6. The third-order valence-electron chi connectivity index (χ3n) is 2.87. The quantitative estimate of drug-likeness (QED) is 0.733. The third-order valence-corrected chi connectivity index (χ3v) is 4.52. The molecule has 122 valence electrons. The standard InChI is InChI=1S/C14H15ClN4O3S/c1-16-23(21,22)12-6-7-13(17-8-12)18-9-14(20)19-11-4-2-10(15)3-5-11/h2-8,16H,9H2,1H3,(H,17,18)(H,19,20). The first-order valence-electron chi connectivity index (χ1n) is 6.59. The van der Waals surface area contributed by atoms with Crippen molar-refractivity contribution in [3.8, 4) is 0 Å². The smallest absolute Gasteiger partial charge is 0.243 e. The van der Waals surface area contributed by atoms with E-state index < -0.39 is 10.0 Å². The summed E-state index contributed by atoms with van der Waals surface area (Å²) in [5.41, 5.74) is 0.629. The van der Waals surface area contributed by atoms with Crippen LogP contribution in [0.1, 0.15) is 0 Å². The summed E-state index contributed by atoms with van der Waals surface area (Å²) >= 11 is 5.76. The zero-order valence-corrected chi connectivity index (χ0v) is 13.8. The van der Waals surface area contributed by atoms with Crippen molar-refractivity contribution in [2.75, 3.05) is 24.2 Å². The molecule has 0 aliphatic heterocycles. The van der Waals surface area contributed by atoms with Gasteiger partial charge in [0.1, 0.15) is 10.7 Å². The van der Waals surface area contributed by atoms with E-state index in [4.69, 9.17) is 11.6 Å². The highest BCUT2D eigenvalue weighted by Crippen LogP contribution is 2.13. The fourth-order valence-corrected chi connectivity index (χ4v) is 2.47. The second-order valence-electron chi connectivity index (χ2n) is 4.50. The highest BCUT2D eigenvalue weighted by molar-refractivity contribution is 7.89. The normalized spacial score (nSPS) is 11.0. The van der Waals surface area contributed by atoms with Gasteiger partial charge in [-0.3, -0.25) is 4.79 Å². The van der Waals surface area contributed by atoms with Crippen molar-refractivity contribution >= 4 is 39.0 Å². The van der Waals surface area contributed by atoms with Crippen LogP contribution in [0.2, 0.25) is 5.02 Å². The molecule has 0 atom stereocenters. The highest BCUT2D eigenvalue weighted by Gasteiger charge is 2.11. The highest BCUT2D eigenvalue weighted by atomic mass is 35.5. The van der Waals surface area contributed by atoms with Gasteiger partial charge in [-0.2, -0.15) is 0 Å². The van der Waals surface area contributed by atoms with Crippen molar-refractivity contribution in [2.24, 2.45) is 0 Å². The fraction of sp³-hybridized carbons (Fsp3) is 0.143. The predicted octanol–water partition coefficient (Wildman–Crippen LogP) is 1.69. The van der Waals surface area contributed by atoms with Gasteiger partial charge in [0.05, 0.1) is 6.54 Å². The van der Waals surface area contributed by atoms with Gasteiger partial charge in [0, 0.05) is 16.9 Å². The van der Waals surface area contributed by atoms with Crippen molar-refractivity contribution in [3.63, 3.8) is 0 Å². The van der Waals surface area contributed by atoms with Crippen molar-refractivity contribution in [1.29, 1.82) is 0 Å². The number of anilines is 2. The molecular formula is C14H15ClN4O3S. The van der Waals surface area contributed by atoms with Crippen LogP contribution in [0.3, 0.4) is 0 Å². The zero-order chi connectivity index (χ0) is 16.9. The number of amides is 1. The maximum Gasteiger partial charge on any atom is 0.243 e. The molecular weight excluding hydrogens is 340 g/mol. The van der Waals surface area contributed by atoms with Crippen LogP contribution in [0, 0.1) is 0 Å². The SMILES string of the molecule is CNS(=O)(=O)c1ccc(NCC(=O)Nc2ccc(Cl)cc2)nc1. The Kier molecular flexibility index (Phi) is 5.54. The number of nitrogens with zero attached hydrogens (tertiary/aromatic N) is 1. The first kappa shape index (κ1) is 17.2. The van der Waals surface area contributed by atoms with E-state index in [-0.39, 0.29) is 17.3 Å². The second kappa shape index (κ2) is 7.40. The molecule has 0 spiro atoms. The molecule has 1 aromatic heterocycles. The molecule has 0 aliphatic carbocycles. The number of halogens is 1. The molecule has 0 fully saturated rings. The van der Waals surface area contributed by atoms with Crippen LogP contribution in [0.5, 0.6) is 0 Å². The molecule has 0 bridgehead atoms. The van der Waals surface area contributed by atoms with Gasteiger partial charge in [0.25, 0.3) is 0 Å². The van der Waals surface area contributed by atoms with E-state index in [0.717, 1.165) is 0 Å². The minimum atomic E-state index is -3.52. The van der Waals surface area contributed by atoms with E-state index in [1.807, 2.05) is 0 Å². The first-order chi connectivity index (χ1) is 10.9. The molecule has 3 N–H and O–H groups in total. The van der Waals surface area contributed by atoms with Crippen LogP contribution in [-0.4, -0.2) is 32.9 Å². The van der Waals surface area contributed by atoms with Gasteiger partial charge in [-0.25, -0.2) is 18.1 Å². The molecule has 0 radical (unpaired) electrons. The minimum Gasteiger partial charge on any atom is -0.361 e. The Hall–Kier alpha value is -2.16. The maximum atomic E-state index is 11.8. The average molecular weight is 355 g/mol. The van der Waals surface area contributed by atoms with Crippen LogP contribution in [0.25, 0.3) is 0 Å². The molecule has 0 unspecified atom stereocenters. The molecule has 1 aromatic carbocycles. The molecule has 0 aliphatic rings. The summed E-state index contributed by atoms with van der Waals surface area (Å²) in [7, 11) is -2.20. The third kappa shape index (κ3) is 4.92. The number of hydrogen-bond acceptors (Lipinski definition) is 5. The van der Waals surface area contributed by atoms with Gasteiger partial charge in [-0.1, -0.05) is 11.6 Å². The van der Waals surface area contributed by atoms with Crippen molar-refractivity contribution in [3.05, 3.63) is 47.6 Å². The lowest BCUT2D eigenvalue weighted by Crippen LogP contribution is -2.22. The predicted molar refractivity (Wildman–Crippen MR) is 89.1 cm³/mol. The summed E-state index contributed by atoms with van der Waals surface area (Å²) in [6.07, 6.45) is 1.21. The van der Waals surface area contributed by atoms with Crippen LogP contribution < -0.4 is 15.4 Å². The molecule has 0 saturated carbocycles. The van der Waals surface area contributed by atoms with E-state index in [2.05, 4.69) is 20.3 Å². The van der Waals surface area contributed by atoms with E-state index in [1.165, 1.54) is 25.4 Å². The number of hydrogen-bond donors (Lipinski definition) is 3. The second-order valence-corrected chi connectivity index (χ2v) is 6.82. The molecule has 2 aromatic rings. The van der Waals surface area contributed by atoms with Gasteiger partial charge in [0.2, 0.25) is 15.9 Å². The van der Waals surface area contributed by atoms with E-state index in [1.54, 1.807) is 24.3 Å². The molecule has 1 amide bonds. The van der Waals surface area contributed by atoms with Gasteiger partial charge < -0.3 is 10.6 Å². The van der Waals surface area contributed by atoms with Crippen molar-refractivity contribution in [1.82, 2.24) is 9.71 Å². The van der Waals surface area contributed by atoms with E-state index in [0.29, 0.717) is 16.5 Å². The minimum absolute atomic E-state index is 0.00620. The van der Waals surface area contributed by atoms with Crippen LogP contribution in [0.4, 0.5) is 11.5 Å². The lowest BCUT2D eigenvalue weighted by atomic mass is 10.3. The molecule has 23 heavy (non-hydrogen) atoms. The van der Waals surface area contributed by atoms with Crippen molar-refractivity contribution in [2.45, 2.75) is 4.90 Å². The number of nitrogens with one attached hydrogen (secondary N) is 3. The summed E-state index contributed by atoms with van der Waals surface area (Å²) in [6.45, 7) is -0.00620. The number of carbonyl (C=O) groups excluding carboxylic acids is 1. The number of sulfonamides is 1. The lowest BCUT2D eigenvalue weighted by Gasteiger charge is -2.08. The van der Waals surface area contributed by atoms with Gasteiger partial charge >= 0.3 is 0 Å². The summed E-state index contributed by atoms with van der Waals surface area (Å²) in [6, 6.07) is 9.62. The molecule has 0 saturated heterocycles. The monoisotopic (exact) mass is 354 g/mol. The number of carbonyl (C=O) groups is 1. The summed E-state index contributed by atoms with van der Waals surface area (Å²) in [5.74, 6) is 0.132. The Morgan fingerprint density at radius 3 is 2.43 bits per heavy atom. The topological polar surface area (TPSA) is 100 Å². The maximum absolute atomic E-state index is 11.8. The first-order valence-corrected chi connectivity index (χ1v) is 8.46. The van der Waals surface area contributed by atoms with Gasteiger partial charge in [-0.05, 0) is 43.4 Å². The Morgan fingerprint density at radius 1 is 1.17 bits per heavy atom. The summed E-state index contributed by atoms with van der Waals surface area (Å²) in [4.78, 5) is 15.8. The van der Waals surface area contributed by atoms with Gasteiger partial charge in [-0.15, -0.1) is 0 Å². The molecule has 1 heterocycles. The zero-order valence-electron chi connectivity index (χ0n) is 12.2. The Labute approximate surface area is 139 Å². The number of benzene rings is 1. The Balaban J connectivity index is 1.90. The summed E-state index contributed by atoms with van der Waals surface area (Å²) < 4.78 is 25.3. The largest absolute Gasteiger partial charge is 0.361 e. The van der Waals surface area contributed by atoms with Crippen LogP contribution in [-0.2, 0) is 14.8 Å². The van der Waals surface area contributed by atoms with Crippen LogP contribution in [0.15, 0.2) is 47.5 Å². The summed E-state index contributed by atoms with van der Waals surface area (Å²) in [5, 5.41) is 6.08. The van der Waals surface area contributed by atoms with Crippen molar-refractivity contribution < 1.29 is 13.2 Å². The van der Waals surface area contributed by atoms with E-state index in [9.17, 15) is 13.2 Å². The van der Waals surface area contributed by atoms with Crippen LogP contribution >= 0.6 is 11.6 Å². The van der Waals surface area contributed by atoms with Gasteiger partial charge in [0.15, 0.2) is 0 Å². The molecule has 7 nitrogen and oxygen atoms in total. The number of aromatic nitrogens is 1. The molecule has 2 rings (SSSR count). The number of pyridine rings is 1. The van der Waals surface area contributed by atoms with E-state index >= 15 is 0 Å². The Bertz CT molecular complexity index is 777.